The van der Waals surface area contributed by atoms with Crippen LogP contribution < -0.4 is 5.32 Å². The van der Waals surface area contributed by atoms with Gasteiger partial charge in [-0.1, -0.05) is 30.3 Å². The first-order valence-corrected chi connectivity index (χ1v) is 6.05. The molecule has 0 saturated heterocycles. The molecule has 0 bridgehead atoms. The van der Waals surface area contributed by atoms with E-state index in [1.807, 2.05) is 30.3 Å². The van der Waals surface area contributed by atoms with Crippen LogP contribution in [0.2, 0.25) is 0 Å². The molecule has 1 amide bonds. The Morgan fingerprint density at radius 1 is 0.950 bits per heavy atom. The average Bonchev–Trinajstić information content (AvgIpc) is 2.46. The summed E-state index contributed by atoms with van der Waals surface area (Å²) in [5, 5.41) is 2.47. The van der Waals surface area contributed by atoms with Crippen LogP contribution in [-0.4, -0.2) is 12.5 Å². The van der Waals surface area contributed by atoms with E-state index < -0.39 is 28.9 Å². The molecule has 0 aliphatic rings. The minimum absolute atomic E-state index is 0.279. The van der Waals surface area contributed by atoms with Crippen LogP contribution >= 0.6 is 0 Å². The number of halogens is 3. The minimum Gasteiger partial charge on any atom is -0.352 e. The molecule has 1 N–H and O–H groups in total. The van der Waals surface area contributed by atoms with E-state index in [-0.39, 0.29) is 6.54 Å². The maximum atomic E-state index is 13.4. The lowest BCUT2D eigenvalue weighted by Gasteiger charge is -2.07. The number of carbonyl (C=O) groups excluding carboxylic acids is 1. The highest BCUT2D eigenvalue weighted by atomic mass is 19.2. The predicted molar refractivity (Wildman–Crippen MR) is 68.8 cm³/mol. The molecule has 0 radical (unpaired) electrons. The largest absolute Gasteiger partial charge is 0.352 e. The van der Waals surface area contributed by atoms with Crippen LogP contribution in [0.4, 0.5) is 13.2 Å². The first kappa shape index (κ1) is 14.1. The quantitative estimate of drug-likeness (QED) is 0.856. The smallest absolute Gasteiger partial charge is 0.254 e. The highest BCUT2D eigenvalue weighted by molar-refractivity contribution is 5.94. The van der Waals surface area contributed by atoms with E-state index in [1.54, 1.807) is 0 Å². The van der Waals surface area contributed by atoms with Crippen molar-refractivity contribution >= 4 is 5.91 Å². The number of hydrogen-bond acceptors (Lipinski definition) is 1. The van der Waals surface area contributed by atoms with Crippen LogP contribution in [0, 0.1) is 17.5 Å². The highest BCUT2D eigenvalue weighted by Crippen LogP contribution is 2.14. The summed E-state index contributed by atoms with van der Waals surface area (Å²) in [4.78, 5) is 11.7. The second-order valence-electron chi connectivity index (χ2n) is 4.21. The summed E-state index contributed by atoms with van der Waals surface area (Å²) in [5.41, 5.74) is 0.510. The van der Waals surface area contributed by atoms with Crippen LogP contribution in [0.1, 0.15) is 15.9 Å². The van der Waals surface area contributed by atoms with Crippen molar-refractivity contribution in [2.24, 2.45) is 0 Å². The van der Waals surface area contributed by atoms with Gasteiger partial charge in [0.2, 0.25) is 0 Å². The molecule has 2 nitrogen and oxygen atoms in total. The first-order chi connectivity index (χ1) is 9.59. The lowest BCUT2D eigenvalue weighted by atomic mass is 10.1. The van der Waals surface area contributed by atoms with Gasteiger partial charge in [-0.15, -0.1) is 0 Å². The van der Waals surface area contributed by atoms with E-state index >= 15 is 0 Å². The maximum Gasteiger partial charge on any atom is 0.254 e. The number of rotatable bonds is 4. The minimum atomic E-state index is -1.64. The molecule has 0 aliphatic heterocycles. The van der Waals surface area contributed by atoms with E-state index in [0.29, 0.717) is 6.42 Å². The molecular formula is C15H12F3NO. The molecule has 2 rings (SSSR count). The summed E-state index contributed by atoms with van der Waals surface area (Å²) in [6.07, 6.45) is 0.567. The van der Waals surface area contributed by atoms with Crippen molar-refractivity contribution in [3.8, 4) is 0 Å². The van der Waals surface area contributed by atoms with E-state index in [4.69, 9.17) is 0 Å². The summed E-state index contributed by atoms with van der Waals surface area (Å²) in [6.45, 7) is 0.279. The van der Waals surface area contributed by atoms with Crippen LogP contribution in [0.25, 0.3) is 0 Å². The first-order valence-electron chi connectivity index (χ1n) is 6.05. The van der Waals surface area contributed by atoms with Gasteiger partial charge >= 0.3 is 0 Å². The fourth-order valence-corrected chi connectivity index (χ4v) is 1.76. The van der Waals surface area contributed by atoms with Gasteiger partial charge in [-0.05, 0) is 24.1 Å². The van der Waals surface area contributed by atoms with Gasteiger partial charge in [-0.2, -0.15) is 0 Å². The molecule has 0 unspecified atom stereocenters. The Balaban J connectivity index is 1.97. The van der Waals surface area contributed by atoms with Gasteiger partial charge in [-0.25, -0.2) is 13.2 Å². The summed E-state index contributed by atoms with van der Waals surface area (Å²) >= 11 is 0. The van der Waals surface area contributed by atoms with Crippen molar-refractivity contribution < 1.29 is 18.0 Å². The van der Waals surface area contributed by atoms with Crippen molar-refractivity contribution in [2.75, 3.05) is 6.54 Å². The Bertz CT molecular complexity index is 614. The number of benzene rings is 2. The Kier molecular flexibility index (Phi) is 4.40. The molecule has 104 valence electrons. The average molecular weight is 279 g/mol. The molecular weight excluding hydrogens is 267 g/mol. The number of carbonyl (C=O) groups is 1. The van der Waals surface area contributed by atoms with E-state index in [1.165, 1.54) is 0 Å². The Morgan fingerprint density at radius 2 is 1.65 bits per heavy atom. The molecule has 0 atom stereocenters. The van der Waals surface area contributed by atoms with Crippen LogP contribution in [0.5, 0.6) is 0 Å². The number of amides is 1. The van der Waals surface area contributed by atoms with Crippen LogP contribution in [0.15, 0.2) is 42.5 Å². The third-order valence-corrected chi connectivity index (χ3v) is 2.82. The van der Waals surface area contributed by atoms with Gasteiger partial charge in [0.15, 0.2) is 17.5 Å². The molecule has 2 aromatic rings. The summed E-state index contributed by atoms with van der Waals surface area (Å²) in [7, 11) is 0. The van der Waals surface area contributed by atoms with Gasteiger partial charge in [-0.3, -0.25) is 4.79 Å². The Labute approximate surface area is 114 Å². The second kappa shape index (κ2) is 6.23. The Hall–Kier alpha value is -2.30. The number of hydrogen-bond donors (Lipinski definition) is 1. The fourth-order valence-electron chi connectivity index (χ4n) is 1.76. The predicted octanol–water partition coefficient (Wildman–Crippen LogP) is 3.08. The van der Waals surface area contributed by atoms with E-state index in [0.717, 1.165) is 17.7 Å². The summed E-state index contributed by atoms with van der Waals surface area (Å²) < 4.78 is 39.1. The van der Waals surface area contributed by atoms with Crippen molar-refractivity contribution in [1.29, 1.82) is 0 Å². The SMILES string of the molecule is O=C(NCCc1ccccc1)c1ccc(F)c(F)c1F. The van der Waals surface area contributed by atoms with Crippen molar-refractivity contribution in [3.05, 3.63) is 71.0 Å². The molecule has 0 aromatic heterocycles. The van der Waals surface area contributed by atoms with Gasteiger partial charge in [0.1, 0.15) is 0 Å². The molecule has 0 saturated carbocycles. The lowest BCUT2D eigenvalue weighted by Crippen LogP contribution is -2.27. The highest BCUT2D eigenvalue weighted by Gasteiger charge is 2.18. The molecule has 20 heavy (non-hydrogen) atoms. The van der Waals surface area contributed by atoms with Crippen LogP contribution in [-0.2, 0) is 6.42 Å². The summed E-state index contributed by atoms with van der Waals surface area (Å²) in [6, 6.07) is 11.0. The zero-order valence-corrected chi connectivity index (χ0v) is 10.5. The molecule has 5 heteroatoms. The molecule has 0 aliphatic carbocycles. The normalized spacial score (nSPS) is 10.3. The molecule has 2 aromatic carbocycles. The van der Waals surface area contributed by atoms with Crippen molar-refractivity contribution in [2.45, 2.75) is 6.42 Å². The van der Waals surface area contributed by atoms with Gasteiger partial charge in [0.25, 0.3) is 5.91 Å². The van der Waals surface area contributed by atoms with Crippen molar-refractivity contribution in [1.82, 2.24) is 5.32 Å². The zero-order valence-electron chi connectivity index (χ0n) is 10.5. The third-order valence-electron chi connectivity index (χ3n) is 2.82. The monoisotopic (exact) mass is 279 g/mol. The van der Waals surface area contributed by atoms with E-state index in [9.17, 15) is 18.0 Å². The molecule has 0 heterocycles. The van der Waals surface area contributed by atoms with Gasteiger partial charge in [0.05, 0.1) is 5.56 Å². The van der Waals surface area contributed by atoms with Crippen LogP contribution in [0.3, 0.4) is 0 Å². The number of nitrogens with one attached hydrogen (secondary N) is 1. The molecule has 0 spiro atoms. The molecule has 0 fully saturated rings. The maximum absolute atomic E-state index is 13.4. The van der Waals surface area contributed by atoms with E-state index in [2.05, 4.69) is 5.32 Å². The lowest BCUT2D eigenvalue weighted by molar-refractivity contribution is 0.0949. The fraction of sp³-hybridized carbons (Fsp3) is 0.133. The zero-order chi connectivity index (χ0) is 14.5. The van der Waals surface area contributed by atoms with Gasteiger partial charge in [0, 0.05) is 6.54 Å². The Morgan fingerprint density at radius 3 is 2.35 bits per heavy atom. The standard InChI is InChI=1S/C15H12F3NO/c16-12-7-6-11(13(17)14(12)18)15(20)19-9-8-10-4-2-1-3-5-10/h1-7H,8-9H2,(H,19,20). The second-order valence-corrected chi connectivity index (χ2v) is 4.21. The third kappa shape index (κ3) is 3.17. The topological polar surface area (TPSA) is 29.1 Å². The van der Waals surface area contributed by atoms with Crippen molar-refractivity contribution in [3.63, 3.8) is 0 Å². The van der Waals surface area contributed by atoms with Gasteiger partial charge < -0.3 is 5.32 Å². The summed E-state index contributed by atoms with van der Waals surface area (Å²) in [5.74, 6) is -5.19.